The molecule has 8 heteroatoms. The molecule has 0 bridgehead atoms. The Morgan fingerprint density at radius 2 is 1.70 bits per heavy atom. The minimum absolute atomic E-state index is 0.344. The Hall–Kier alpha value is -2.41. The van der Waals surface area contributed by atoms with E-state index in [1.807, 2.05) is 42.5 Å². The lowest BCUT2D eigenvalue weighted by Crippen LogP contribution is -2.50. The van der Waals surface area contributed by atoms with E-state index in [1.54, 1.807) is 4.90 Å². The summed E-state index contributed by atoms with van der Waals surface area (Å²) in [6, 6.07) is 13.0. The molecule has 156 valence electrons. The largest absolute Gasteiger partial charge is 0.351 e. The second-order valence-electron chi connectivity index (χ2n) is 7.38. The molecule has 2 aromatic carbocycles. The van der Waals surface area contributed by atoms with Gasteiger partial charge in [-0.25, -0.2) is 14.8 Å². The highest BCUT2D eigenvalue weighted by molar-refractivity contribution is 6.35. The second kappa shape index (κ2) is 9.16. The van der Waals surface area contributed by atoms with Crippen LogP contribution in [0.1, 0.15) is 12.1 Å². The summed E-state index contributed by atoms with van der Waals surface area (Å²) < 4.78 is 0. The Labute approximate surface area is 185 Å². The third kappa shape index (κ3) is 4.51. The molecule has 1 aliphatic heterocycles. The first-order chi connectivity index (χ1) is 14.5. The molecule has 0 unspecified atom stereocenters. The van der Waals surface area contributed by atoms with Crippen molar-refractivity contribution in [2.24, 2.45) is 5.73 Å². The predicted octanol–water partition coefficient (Wildman–Crippen LogP) is 4.23. The molecule has 2 amide bonds. The molecule has 1 fully saturated rings. The molecule has 1 aromatic heterocycles. The number of rotatable bonds is 5. The highest BCUT2D eigenvalue weighted by Gasteiger charge is 2.19. The van der Waals surface area contributed by atoms with Gasteiger partial charge in [0.25, 0.3) is 0 Å². The van der Waals surface area contributed by atoms with E-state index in [0.717, 1.165) is 54.6 Å². The average Bonchev–Trinajstić information content (AvgIpc) is 2.74. The fraction of sp³-hybridized carbons (Fsp3) is 0.318. The number of fused-ring (bicyclic) bond motifs is 1. The maximum Gasteiger partial charge on any atom is 0.314 e. The summed E-state index contributed by atoms with van der Waals surface area (Å²) in [5, 5.41) is 2.17. The maximum absolute atomic E-state index is 11.3. The van der Waals surface area contributed by atoms with Crippen LogP contribution >= 0.6 is 23.2 Å². The first kappa shape index (κ1) is 20.8. The van der Waals surface area contributed by atoms with Crippen LogP contribution < -0.4 is 5.73 Å². The van der Waals surface area contributed by atoms with Gasteiger partial charge in [0.05, 0.1) is 21.3 Å². The highest BCUT2D eigenvalue weighted by Crippen LogP contribution is 2.30. The Morgan fingerprint density at radius 3 is 2.43 bits per heavy atom. The van der Waals surface area contributed by atoms with Crippen LogP contribution in [0.25, 0.3) is 22.3 Å². The average molecular weight is 444 g/mol. The Kier molecular flexibility index (Phi) is 6.37. The molecule has 2 N–H and O–H groups in total. The number of aryl methyl sites for hydroxylation is 1. The lowest BCUT2D eigenvalue weighted by Gasteiger charge is -2.33. The number of hydrogen-bond donors (Lipinski definition) is 1. The summed E-state index contributed by atoms with van der Waals surface area (Å²) in [7, 11) is 0. The van der Waals surface area contributed by atoms with Crippen LogP contribution in [0.5, 0.6) is 0 Å². The zero-order chi connectivity index (χ0) is 21.1. The summed E-state index contributed by atoms with van der Waals surface area (Å²) in [6.07, 6.45) is 1.70. The van der Waals surface area contributed by atoms with E-state index in [9.17, 15) is 4.79 Å². The third-order valence-corrected chi connectivity index (χ3v) is 6.08. The molecule has 30 heavy (non-hydrogen) atoms. The molecule has 2 heterocycles. The number of hydrogen-bond acceptors (Lipinski definition) is 4. The van der Waals surface area contributed by atoms with Crippen LogP contribution in [0.2, 0.25) is 10.0 Å². The number of primary amides is 1. The van der Waals surface area contributed by atoms with Crippen molar-refractivity contribution in [3.05, 3.63) is 58.2 Å². The molecular formula is C22H23Cl2N5O. The zero-order valence-electron chi connectivity index (χ0n) is 16.5. The van der Waals surface area contributed by atoms with Crippen LogP contribution in [-0.2, 0) is 6.42 Å². The molecule has 1 saturated heterocycles. The van der Waals surface area contributed by atoms with Gasteiger partial charge in [-0.2, -0.15) is 0 Å². The SMILES string of the molecule is NC(=O)N1CCN(CCCc2nc(-c3ccccc3Cl)nc3cccc(Cl)c23)CC1. The van der Waals surface area contributed by atoms with Crippen molar-refractivity contribution in [1.29, 1.82) is 0 Å². The fourth-order valence-corrected chi connectivity index (χ4v) is 4.32. The number of nitrogens with two attached hydrogens (primary N) is 1. The number of urea groups is 1. The predicted molar refractivity (Wildman–Crippen MR) is 121 cm³/mol. The van der Waals surface area contributed by atoms with Crippen LogP contribution in [0.15, 0.2) is 42.5 Å². The Bertz CT molecular complexity index is 1070. The van der Waals surface area contributed by atoms with Gasteiger partial charge in [0, 0.05) is 37.1 Å². The lowest BCUT2D eigenvalue weighted by molar-refractivity contribution is 0.144. The van der Waals surface area contributed by atoms with Gasteiger partial charge in [-0.3, -0.25) is 4.90 Å². The van der Waals surface area contributed by atoms with Gasteiger partial charge >= 0.3 is 6.03 Å². The minimum atomic E-state index is -0.344. The molecule has 4 rings (SSSR count). The molecule has 0 spiro atoms. The van der Waals surface area contributed by atoms with Crippen LogP contribution in [0.3, 0.4) is 0 Å². The quantitative estimate of drug-likeness (QED) is 0.639. The molecule has 3 aromatic rings. The maximum atomic E-state index is 11.3. The molecule has 0 saturated carbocycles. The normalized spacial score (nSPS) is 14.9. The van der Waals surface area contributed by atoms with Crippen molar-refractivity contribution < 1.29 is 4.79 Å². The number of amides is 2. The van der Waals surface area contributed by atoms with E-state index in [0.29, 0.717) is 29.0 Å². The minimum Gasteiger partial charge on any atom is -0.351 e. The highest BCUT2D eigenvalue weighted by atomic mass is 35.5. The number of nitrogens with zero attached hydrogens (tertiary/aromatic N) is 4. The van der Waals surface area contributed by atoms with Crippen LogP contribution in [0.4, 0.5) is 4.79 Å². The van der Waals surface area contributed by atoms with Gasteiger partial charge in [-0.15, -0.1) is 0 Å². The molecular weight excluding hydrogens is 421 g/mol. The van der Waals surface area contributed by atoms with Gasteiger partial charge < -0.3 is 10.6 Å². The summed E-state index contributed by atoms with van der Waals surface area (Å²) in [4.78, 5) is 24.9. The Morgan fingerprint density at radius 1 is 0.967 bits per heavy atom. The number of carbonyl (C=O) groups is 1. The van der Waals surface area contributed by atoms with Crippen LogP contribution in [0, 0.1) is 0 Å². The fourth-order valence-electron chi connectivity index (χ4n) is 3.82. The monoisotopic (exact) mass is 443 g/mol. The molecule has 1 aliphatic rings. The molecule has 6 nitrogen and oxygen atoms in total. The van der Waals surface area contributed by atoms with Crippen molar-refractivity contribution in [3.8, 4) is 11.4 Å². The van der Waals surface area contributed by atoms with Crippen molar-refractivity contribution in [2.75, 3.05) is 32.7 Å². The summed E-state index contributed by atoms with van der Waals surface area (Å²) in [5.41, 5.74) is 7.92. The molecule has 0 atom stereocenters. The Balaban J connectivity index is 1.54. The van der Waals surface area contributed by atoms with Crippen LogP contribution in [-0.4, -0.2) is 58.5 Å². The zero-order valence-corrected chi connectivity index (χ0v) is 18.0. The summed E-state index contributed by atoms with van der Waals surface area (Å²) in [5.74, 6) is 0.612. The number of aromatic nitrogens is 2. The second-order valence-corrected chi connectivity index (χ2v) is 8.19. The molecule has 0 radical (unpaired) electrons. The van der Waals surface area contributed by atoms with Gasteiger partial charge in [0.1, 0.15) is 0 Å². The van der Waals surface area contributed by atoms with Crippen molar-refractivity contribution in [2.45, 2.75) is 12.8 Å². The number of piperazine rings is 1. The van der Waals surface area contributed by atoms with Gasteiger partial charge in [0.15, 0.2) is 5.82 Å². The van der Waals surface area contributed by atoms with Gasteiger partial charge in [-0.1, -0.05) is 41.4 Å². The van der Waals surface area contributed by atoms with E-state index in [1.165, 1.54) is 0 Å². The number of halogens is 2. The third-order valence-electron chi connectivity index (χ3n) is 5.43. The topological polar surface area (TPSA) is 75.4 Å². The molecule has 0 aliphatic carbocycles. The summed E-state index contributed by atoms with van der Waals surface area (Å²) >= 11 is 12.9. The van der Waals surface area contributed by atoms with Gasteiger partial charge in [-0.05, 0) is 43.7 Å². The van der Waals surface area contributed by atoms with E-state index in [4.69, 9.17) is 38.9 Å². The number of benzene rings is 2. The standard InChI is InChI=1S/C22H23Cl2N5O/c23-16-6-2-1-5-15(16)21-26-18-8-3-7-17(24)20(18)19(27-21)9-4-10-28-11-13-29(14-12-28)22(25)30/h1-3,5-8H,4,9-14H2,(H2,25,30). The number of carbonyl (C=O) groups excluding carboxylic acids is 1. The van der Waals surface area contributed by atoms with E-state index >= 15 is 0 Å². The van der Waals surface area contributed by atoms with E-state index < -0.39 is 0 Å². The first-order valence-electron chi connectivity index (χ1n) is 9.99. The van der Waals surface area contributed by atoms with Crippen molar-refractivity contribution in [1.82, 2.24) is 19.8 Å². The van der Waals surface area contributed by atoms with Crippen molar-refractivity contribution in [3.63, 3.8) is 0 Å². The first-order valence-corrected chi connectivity index (χ1v) is 10.8. The van der Waals surface area contributed by atoms with Crippen molar-refractivity contribution >= 4 is 40.1 Å². The smallest absolute Gasteiger partial charge is 0.314 e. The van der Waals surface area contributed by atoms with Gasteiger partial charge in [0.2, 0.25) is 0 Å². The summed E-state index contributed by atoms with van der Waals surface area (Å²) in [6.45, 7) is 3.94. The van der Waals surface area contributed by atoms with E-state index in [2.05, 4.69) is 4.90 Å². The lowest BCUT2D eigenvalue weighted by atomic mass is 10.1. The van der Waals surface area contributed by atoms with E-state index in [-0.39, 0.29) is 6.03 Å².